The van der Waals surface area contributed by atoms with Crippen LogP contribution in [0.2, 0.25) is 5.02 Å². The standard InChI is InChI=1S/C25H33ClN2O/c1-29-24-15-13-21(26)16-20(24)17-27-23-14-12-18-8-4-3-7-11-22(18)28-25(23)19-9-5-2-6-10-19/h2,5-6,9-10,13,15-16,18,22-23,25,27-28H,3-4,7-8,11-12,14,17H2,1H3. The van der Waals surface area contributed by atoms with Gasteiger partial charge in [0.25, 0.3) is 0 Å². The lowest BCUT2D eigenvalue weighted by atomic mass is 9.90. The third kappa shape index (κ3) is 5.14. The van der Waals surface area contributed by atoms with Crippen molar-refractivity contribution >= 4 is 11.6 Å². The number of ether oxygens (including phenoxy) is 1. The summed E-state index contributed by atoms with van der Waals surface area (Å²) in [5.74, 6) is 1.70. The van der Waals surface area contributed by atoms with E-state index in [-0.39, 0.29) is 0 Å². The number of halogens is 1. The number of rotatable bonds is 5. The topological polar surface area (TPSA) is 33.3 Å². The van der Waals surface area contributed by atoms with Gasteiger partial charge < -0.3 is 15.4 Å². The number of methoxy groups -OCH3 is 1. The second kappa shape index (κ2) is 9.97. The maximum atomic E-state index is 6.25. The van der Waals surface area contributed by atoms with Gasteiger partial charge in [-0.15, -0.1) is 0 Å². The van der Waals surface area contributed by atoms with Crippen LogP contribution in [0.4, 0.5) is 0 Å². The van der Waals surface area contributed by atoms with Crippen molar-refractivity contribution in [3.63, 3.8) is 0 Å². The van der Waals surface area contributed by atoms with E-state index in [2.05, 4.69) is 41.0 Å². The Hall–Kier alpha value is -1.55. The van der Waals surface area contributed by atoms with E-state index in [1.807, 2.05) is 18.2 Å². The third-order valence-corrected chi connectivity index (χ3v) is 6.99. The highest BCUT2D eigenvalue weighted by Crippen LogP contribution is 2.35. The summed E-state index contributed by atoms with van der Waals surface area (Å²) in [6.45, 7) is 0.759. The van der Waals surface area contributed by atoms with Crippen LogP contribution in [-0.4, -0.2) is 19.2 Å². The minimum atomic E-state index is 0.328. The Labute approximate surface area is 180 Å². The van der Waals surface area contributed by atoms with Crippen LogP contribution in [0.25, 0.3) is 0 Å². The minimum absolute atomic E-state index is 0.328. The molecular formula is C25H33ClN2O. The van der Waals surface area contributed by atoms with Gasteiger partial charge in [0.2, 0.25) is 0 Å². The van der Waals surface area contributed by atoms with Gasteiger partial charge in [0.15, 0.2) is 0 Å². The smallest absolute Gasteiger partial charge is 0.123 e. The lowest BCUT2D eigenvalue weighted by Crippen LogP contribution is -2.44. The summed E-state index contributed by atoms with van der Waals surface area (Å²) >= 11 is 6.25. The molecule has 2 fully saturated rings. The molecule has 0 bridgehead atoms. The molecule has 0 amide bonds. The molecule has 1 heterocycles. The van der Waals surface area contributed by atoms with E-state index in [9.17, 15) is 0 Å². The molecule has 1 saturated heterocycles. The number of nitrogens with one attached hydrogen (secondary N) is 2. The largest absolute Gasteiger partial charge is 0.496 e. The molecule has 4 heteroatoms. The molecule has 29 heavy (non-hydrogen) atoms. The molecule has 4 rings (SSSR count). The SMILES string of the molecule is COc1ccc(Cl)cc1CNC1CCC2CCCCCC2NC1c1ccccc1. The molecule has 2 N–H and O–H groups in total. The fraction of sp³-hybridized carbons (Fsp3) is 0.520. The molecule has 4 unspecified atom stereocenters. The molecule has 2 aliphatic rings. The summed E-state index contributed by atoms with van der Waals surface area (Å²) in [6, 6.07) is 18.2. The van der Waals surface area contributed by atoms with Crippen molar-refractivity contribution in [2.45, 2.75) is 69.6 Å². The van der Waals surface area contributed by atoms with Crippen molar-refractivity contribution in [2.24, 2.45) is 5.92 Å². The predicted octanol–water partition coefficient (Wildman–Crippen LogP) is 5.88. The van der Waals surface area contributed by atoms with Crippen LogP contribution in [0.15, 0.2) is 48.5 Å². The van der Waals surface area contributed by atoms with Crippen molar-refractivity contribution in [2.75, 3.05) is 7.11 Å². The van der Waals surface area contributed by atoms with Gasteiger partial charge in [0, 0.05) is 35.3 Å². The first-order chi connectivity index (χ1) is 14.2. The van der Waals surface area contributed by atoms with Crippen molar-refractivity contribution in [3.05, 3.63) is 64.7 Å². The van der Waals surface area contributed by atoms with Gasteiger partial charge in [-0.3, -0.25) is 0 Å². The molecule has 0 aromatic heterocycles. The first kappa shape index (κ1) is 20.7. The number of fused-ring (bicyclic) bond motifs is 1. The van der Waals surface area contributed by atoms with Gasteiger partial charge >= 0.3 is 0 Å². The summed E-state index contributed by atoms with van der Waals surface area (Å²) in [4.78, 5) is 0. The summed E-state index contributed by atoms with van der Waals surface area (Å²) in [5.41, 5.74) is 2.50. The average molecular weight is 413 g/mol. The van der Waals surface area contributed by atoms with Gasteiger partial charge in [0.1, 0.15) is 5.75 Å². The lowest BCUT2D eigenvalue weighted by molar-refractivity contribution is 0.314. The molecule has 1 saturated carbocycles. The third-order valence-electron chi connectivity index (χ3n) is 6.76. The molecule has 1 aliphatic heterocycles. The van der Waals surface area contributed by atoms with Gasteiger partial charge in [-0.25, -0.2) is 0 Å². The Morgan fingerprint density at radius 3 is 2.66 bits per heavy atom. The zero-order valence-electron chi connectivity index (χ0n) is 17.4. The molecule has 2 aromatic rings. The van der Waals surface area contributed by atoms with E-state index >= 15 is 0 Å². The lowest BCUT2D eigenvalue weighted by Gasteiger charge is -2.31. The first-order valence-corrected chi connectivity index (χ1v) is 11.5. The molecular weight excluding hydrogens is 380 g/mol. The van der Waals surface area contributed by atoms with Crippen LogP contribution >= 0.6 is 11.6 Å². The fourth-order valence-electron chi connectivity index (χ4n) is 5.19. The van der Waals surface area contributed by atoms with Crippen LogP contribution in [0, 0.1) is 5.92 Å². The number of hydrogen-bond acceptors (Lipinski definition) is 3. The van der Waals surface area contributed by atoms with Gasteiger partial charge in [-0.1, -0.05) is 61.2 Å². The van der Waals surface area contributed by atoms with Crippen molar-refractivity contribution in [3.8, 4) is 5.75 Å². The van der Waals surface area contributed by atoms with E-state index in [0.717, 1.165) is 28.8 Å². The Kier molecular flexibility index (Phi) is 7.12. The Bertz CT molecular complexity index is 782. The Morgan fingerprint density at radius 1 is 1.00 bits per heavy atom. The van der Waals surface area contributed by atoms with E-state index in [1.165, 1.54) is 50.5 Å². The van der Waals surface area contributed by atoms with Crippen LogP contribution in [0.5, 0.6) is 5.75 Å². The summed E-state index contributed by atoms with van der Waals surface area (Å²) in [5, 5.41) is 8.69. The monoisotopic (exact) mass is 412 g/mol. The maximum absolute atomic E-state index is 6.25. The second-order valence-electron chi connectivity index (χ2n) is 8.58. The molecule has 4 atom stereocenters. The molecule has 2 aromatic carbocycles. The van der Waals surface area contributed by atoms with Crippen LogP contribution in [0.1, 0.15) is 62.1 Å². The van der Waals surface area contributed by atoms with E-state index in [4.69, 9.17) is 16.3 Å². The summed E-state index contributed by atoms with van der Waals surface area (Å²) < 4.78 is 5.55. The quantitative estimate of drug-likeness (QED) is 0.643. The number of benzene rings is 2. The highest BCUT2D eigenvalue weighted by molar-refractivity contribution is 6.30. The average Bonchev–Trinajstić information content (AvgIpc) is 3.07. The van der Waals surface area contributed by atoms with Gasteiger partial charge in [-0.2, -0.15) is 0 Å². The molecule has 3 nitrogen and oxygen atoms in total. The molecule has 1 aliphatic carbocycles. The minimum Gasteiger partial charge on any atom is -0.496 e. The normalized spacial score (nSPS) is 27.5. The highest BCUT2D eigenvalue weighted by Gasteiger charge is 2.34. The summed E-state index contributed by atoms with van der Waals surface area (Å²) in [6.07, 6.45) is 9.30. The first-order valence-electron chi connectivity index (χ1n) is 11.1. The number of hydrogen-bond donors (Lipinski definition) is 2. The summed E-state index contributed by atoms with van der Waals surface area (Å²) in [7, 11) is 1.72. The maximum Gasteiger partial charge on any atom is 0.123 e. The fourth-order valence-corrected chi connectivity index (χ4v) is 5.39. The second-order valence-corrected chi connectivity index (χ2v) is 9.02. The van der Waals surface area contributed by atoms with Crippen LogP contribution in [-0.2, 0) is 6.54 Å². The van der Waals surface area contributed by atoms with Crippen molar-refractivity contribution in [1.82, 2.24) is 10.6 Å². The van der Waals surface area contributed by atoms with Crippen molar-refractivity contribution in [1.29, 1.82) is 0 Å². The van der Waals surface area contributed by atoms with Crippen LogP contribution < -0.4 is 15.4 Å². The van der Waals surface area contributed by atoms with E-state index in [1.54, 1.807) is 7.11 Å². The molecule has 0 radical (unpaired) electrons. The van der Waals surface area contributed by atoms with E-state index in [0.29, 0.717) is 18.1 Å². The molecule has 0 spiro atoms. The zero-order chi connectivity index (χ0) is 20.1. The van der Waals surface area contributed by atoms with Gasteiger partial charge in [0.05, 0.1) is 7.11 Å². The van der Waals surface area contributed by atoms with Crippen LogP contribution in [0.3, 0.4) is 0 Å². The predicted molar refractivity (Wildman–Crippen MR) is 121 cm³/mol. The highest BCUT2D eigenvalue weighted by atomic mass is 35.5. The van der Waals surface area contributed by atoms with Crippen molar-refractivity contribution < 1.29 is 4.74 Å². The molecule has 156 valence electrons. The Balaban J connectivity index is 1.55. The van der Waals surface area contributed by atoms with E-state index < -0.39 is 0 Å². The Morgan fingerprint density at radius 2 is 1.83 bits per heavy atom. The van der Waals surface area contributed by atoms with Gasteiger partial charge in [-0.05, 0) is 55.4 Å². The zero-order valence-corrected chi connectivity index (χ0v) is 18.1.